The summed E-state index contributed by atoms with van der Waals surface area (Å²) in [4.78, 5) is 25.7. The van der Waals surface area contributed by atoms with E-state index in [0.29, 0.717) is 32.7 Å². The maximum Gasteiger partial charge on any atom is 0.255 e. The number of carbonyl (C=O) groups excluding carboxylic acids is 2. The molecule has 1 atom stereocenters. The van der Waals surface area contributed by atoms with Crippen LogP contribution in [0.3, 0.4) is 0 Å². The lowest BCUT2D eigenvalue weighted by Gasteiger charge is -2.13. The fourth-order valence-electron chi connectivity index (χ4n) is 2.70. The summed E-state index contributed by atoms with van der Waals surface area (Å²) >= 11 is 13.4. The first-order valence-electron chi connectivity index (χ1n) is 9.34. The van der Waals surface area contributed by atoms with Gasteiger partial charge in [0.2, 0.25) is 5.91 Å². The lowest BCUT2D eigenvalue weighted by molar-refractivity contribution is -0.115. The van der Waals surface area contributed by atoms with Gasteiger partial charge in [-0.3, -0.25) is 9.59 Å². The average molecular weight is 475 g/mol. The molecule has 0 heterocycles. The third-order valence-electron chi connectivity index (χ3n) is 4.30. The molecule has 2 amide bonds. The third kappa shape index (κ3) is 6.40. The van der Waals surface area contributed by atoms with E-state index in [4.69, 9.17) is 27.9 Å². The lowest BCUT2D eigenvalue weighted by Crippen LogP contribution is -2.22. The van der Waals surface area contributed by atoms with Crippen molar-refractivity contribution >= 4 is 58.2 Å². The van der Waals surface area contributed by atoms with Gasteiger partial charge in [-0.1, -0.05) is 29.3 Å². The minimum absolute atomic E-state index is 0.149. The van der Waals surface area contributed by atoms with E-state index in [0.717, 1.165) is 4.90 Å². The van der Waals surface area contributed by atoms with E-state index in [1.54, 1.807) is 54.6 Å². The van der Waals surface area contributed by atoms with Gasteiger partial charge in [0.1, 0.15) is 5.75 Å². The fraction of sp³-hybridized carbons (Fsp3) is 0.130. The number of thioether (sulfide) groups is 1. The summed E-state index contributed by atoms with van der Waals surface area (Å²) in [6.07, 6.45) is 0. The van der Waals surface area contributed by atoms with Crippen molar-refractivity contribution in [1.82, 2.24) is 0 Å². The Morgan fingerprint density at radius 3 is 2.29 bits per heavy atom. The van der Waals surface area contributed by atoms with Gasteiger partial charge in [-0.05, 0) is 67.6 Å². The minimum Gasteiger partial charge on any atom is -0.495 e. The highest BCUT2D eigenvalue weighted by Gasteiger charge is 2.15. The Hall–Kier alpha value is -2.67. The van der Waals surface area contributed by atoms with E-state index in [9.17, 15) is 9.59 Å². The quantitative estimate of drug-likeness (QED) is 0.390. The first-order chi connectivity index (χ1) is 14.9. The molecule has 1 unspecified atom stereocenters. The van der Waals surface area contributed by atoms with Crippen molar-refractivity contribution in [3.63, 3.8) is 0 Å². The summed E-state index contributed by atoms with van der Waals surface area (Å²) in [7, 11) is 1.53. The number of carbonyl (C=O) groups is 2. The summed E-state index contributed by atoms with van der Waals surface area (Å²) in [5.74, 6) is 0.156. The smallest absolute Gasteiger partial charge is 0.255 e. The van der Waals surface area contributed by atoms with Gasteiger partial charge >= 0.3 is 0 Å². The third-order valence-corrected chi connectivity index (χ3v) is 5.94. The van der Waals surface area contributed by atoms with Crippen molar-refractivity contribution in [3.05, 3.63) is 82.3 Å². The highest BCUT2D eigenvalue weighted by Crippen LogP contribution is 2.29. The first-order valence-corrected chi connectivity index (χ1v) is 11.0. The molecule has 0 saturated carbocycles. The summed E-state index contributed by atoms with van der Waals surface area (Å²) in [5.41, 5.74) is 1.73. The zero-order chi connectivity index (χ0) is 22.4. The van der Waals surface area contributed by atoms with Gasteiger partial charge in [0.25, 0.3) is 5.91 Å². The molecule has 0 aliphatic rings. The van der Waals surface area contributed by atoms with Crippen LogP contribution in [-0.4, -0.2) is 24.2 Å². The molecule has 0 aliphatic carbocycles. The number of hydrogen-bond acceptors (Lipinski definition) is 4. The Morgan fingerprint density at radius 2 is 1.65 bits per heavy atom. The van der Waals surface area contributed by atoms with Crippen LogP contribution >= 0.6 is 35.0 Å². The van der Waals surface area contributed by atoms with Crippen molar-refractivity contribution in [2.45, 2.75) is 17.1 Å². The SMILES string of the molecule is COc1ccc(NC(=O)C(C)Sc2ccc(NC(=O)c3cccc(Cl)c3)cc2)cc1Cl. The van der Waals surface area contributed by atoms with E-state index in [1.807, 2.05) is 19.1 Å². The number of hydrogen-bond donors (Lipinski definition) is 2. The minimum atomic E-state index is -0.340. The average Bonchev–Trinajstić information content (AvgIpc) is 2.75. The Morgan fingerprint density at radius 1 is 0.935 bits per heavy atom. The Labute approximate surface area is 195 Å². The number of nitrogens with one attached hydrogen (secondary N) is 2. The van der Waals surface area contributed by atoms with Gasteiger partial charge in [-0.25, -0.2) is 0 Å². The van der Waals surface area contributed by atoms with Crippen molar-refractivity contribution < 1.29 is 14.3 Å². The number of benzene rings is 3. The summed E-state index contributed by atoms with van der Waals surface area (Å²) in [5, 5.41) is 6.26. The predicted molar refractivity (Wildman–Crippen MR) is 128 cm³/mol. The molecular weight excluding hydrogens is 455 g/mol. The molecule has 0 bridgehead atoms. The van der Waals surface area contributed by atoms with E-state index in [2.05, 4.69) is 10.6 Å². The molecule has 160 valence electrons. The Kier molecular flexibility index (Phi) is 7.85. The van der Waals surface area contributed by atoms with E-state index < -0.39 is 0 Å². The second-order valence-electron chi connectivity index (χ2n) is 6.59. The number of halogens is 2. The maximum atomic E-state index is 12.5. The van der Waals surface area contributed by atoms with Crippen molar-refractivity contribution in [3.8, 4) is 5.75 Å². The largest absolute Gasteiger partial charge is 0.495 e. The zero-order valence-corrected chi connectivity index (χ0v) is 19.1. The molecule has 0 spiro atoms. The molecular formula is C23H20Cl2N2O3S. The normalized spacial score (nSPS) is 11.5. The fourth-order valence-corrected chi connectivity index (χ4v) is 4.01. The van der Waals surface area contributed by atoms with Gasteiger partial charge in [0, 0.05) is 26.9 Å². The Bertz CT molecular complexity index is 1090. The number of rotatable bonds is 7. The van der Waals surface area contributed by atoms with Gasteiger partial charge in [0.15, 0.2) is 0 Å². The Balaban J connectivity index is 1.56. The number of amides is 2. The van der Waals surface area contributed by atoms with Crippen molar-refractivity contribution in [2.75, 3.05) is 17.7 Å². The van der Waals surface area contributed by atoms with Crippen LogP contribution < -0.4 is 15.4 Å². The molecule has 31 heavy (non-hydrogen) atoms. The van der Waals surface area contributed by atoms with Gasteiger partial charge in [0.05, 0.1) is 17.4 Å². The van der Waals surface area contributed by atoms with Crippen LogP contribution in [0.2, 0.25) is 10.0 Å². The number of anilines is 2. The molecule has 0 saturated heterocycles. The van der Waals surface area contributed by atoms with Gasteiger partial charge in [-0.15, -0.1) is 11.8 Å². The first kappa shape index (κ1) is 23.0. The van der Waals surface area contributed by atoms with E-state index >= 15 is 0 Å². The standard InChI is InChI=1S/C23H20Cl2N2O3S/c1-14(22(28)27-18-8-11-21(30-2)20(25)13-18)31-19-9-6-17(7-10-19)26-23(29)15-4-3-5-16(24)12-15/h3-14H,1-2H3,(H,26,29)(H,27,28). The van der Waals surface area contributed by atoms with Crippen LogP contribution in [0.5, 0.6) is 5.75 Å². The van der Waals surface area contributed by atoms with Crippen LogP contribution in [0.4, 0.5) is 11.4 Å². The second kappa shape index (κ2) is 10.6. The van der Waals surface area contributed by atoms with Crippen LogP contribution in [0.1, 0.15) is 17.3 Å². The number of methoxy groups -OCH3 is 1. The molecule has 0 radical (unpaired) electrons. The van der Waals surface area contributed by atoms with Crippen molar-refractivity contribution in [1.29, 1.82) is 0 Å². The molecule has 0 fully saturated rings. The monoisotopic (exact) mass is 474 g/mol. The van der Waals surface area contributed by atoms with E-state index in [1.165, 1.54) is 18.9 Å². The predicted octanol–water partition coefficient (Wildman–Crippen LogP) is 6.37. The highest BCUT2D eigenvalue weighted by molar-refractivity contribution is 8.00. The summed E-state index contributed by atoms with van der Waals surface area (Å²) < 4.78 is 5.11. The molecule has 0 aliphatic heterocycles. The van der Waals surface area contributed by atoms with Crippen LogP contribution in [0.25, 0.3) is 0 Å². The highest BCUT2D eigenvalue weighted by atomic mass is 35.5. The second-order valence-corrected chi connectivity index (χ2v) is 8.85. The van der Waals surface area contributed by atoms with E-state index in [-0.39, 0.29) is 17.1 Å². The van der Waals surface area contributed by atoms with Gasteiger partial charge in [-0.2, -0.15) is 0 Å². The topological polar surface area (TPSA) is 67.4 Å². The maximum absolute atomic E-state index is 12.5. The molecule has 8 heteroatoms. The summed E-state index contributed by atoms with van der Waals surface area (Å²) in [6.45, 7) is 1.82. The molecule has 5 nitrogen and oxygen atoms in total. The molecule has 2 N–H and O–H groups in total. The van der Waals surface area contributed by atoms with Crippen LogP contribution in [0.15, 0.2) is 71.6 Å². The molecule has 3 aromatic rings. The number of ether oxygens (including phenoxy) is 1. The lowest BCUT2D eigenvalue weighted by atomic mass is 10.2. The summed E-state index contributed by atoms with van der Waals surface area (Å²) in [6, 6.07) is 19.1. The molecule has 0 aromatic heterocycles. The van der Waals surface area contributed by atoms with Crippen LogP contribution in [-0.2, 0) is 4.79 Å². The van der Waals surface area contributed by atoms with Crippen molar-refractivity contribution in [2.24, 2.45) is 0 Å². The molecule has 3 aromatic carbocycles. The van der Waals surface area contributed by atoms with Gasteiger partial charge < -0.3 is 15.4 Å². The van der Waals surface area contributed by atoms with Crippen LogP contribution in [0, 0.1) is 0 Å². The zero-order valence-electron chi connectivity index (χ0n) is 16.8. The molecule has 3 rings (SSSR count).